The number of nitrogens with zero attached hydrogens (tertiary/aromatic N) is 4. The molecule has 0 bridgehead atoms. The predicted octanol–water partition coefficient (Wildman–Crippen LogP) is 2.77. The van der Waals surface area contributed by atoms with Gasteiger partial charge in [0, 0.05) is 18.0 Å². The monoisotopic (exact) mass is 229 g/mol. The van der Waals surface area contributed by atoms with E-state index in [2.05, 4.69) is 21.4 Å². The highest BCUT2D eigenvalue weighted by Crippen LogP contribution is 2.19. The molecule has 0 fully saturated rings. The van der Waals surface area contributed by atoms with E-state index in [0.29, 0.717) is 13.1 Å². The Kier molecular flexibility index (Phi) is 5.02. The molecule has 5 nitrogen and oxygen atoms in total. The highest BCUT2D eigenvalue weighted by Gasteiger charge is 2.12. The van der Waals surface area contributed by atoms with Crippen LogP contribution < -0.4 is 5.32 Å². The second-order valence-electron chi connectivity index (χ2n) is 3.76. The molecular formula is C12H15N5. The third kappa shape index (κ3) is 3.49. The maximum Gasteiger partial charge on any atom is 0.121 e. The molecule has 0 aliphatic heterocycles. The zero-order chi connectivity index (χ0) is 12.7. The van der Waals surface area contributed by atoms with Gasteiger partial charge in [-0.25, -0.2) is 0 Å². The largest absolute Gasteiger partial charge is 0.298 e. The van der Waals surface area contributed by atoms with Crippen LogP contribution in [-0.4, -0.2) is 13.1 Å². The van der Waals surface area contributed by atoms with Crippen molar-refractivity contribution < 1.29 is 0 Å². The highest BCUT2D eigenvalue weighted by atomic mass is 15.1. The van der Waals surface area contributed by atoms with Crippen molar-refractivity contribution >= 4 is 0 Å². The number of azide groups is 1. The SMILES string of the molecule is Cc1cccc(C(C#N)NCCN=[N+]=[N-])c1C. The van der Waals surface area contributed by atoms with Crippen molar-refractivity contribution in [2.75, 3.05) is 13.1 Å². The Morgan fingerprint density at radius 2 is 2.29 bits per heavy atom. The zero-order valence-electron chi connectivity index (χ0n) is 10.0. The van der Waals surface area contributed by atoms with E-state index in [1.807, 2.05) is 32.0 Å². The molecule has 0 amide bonds. The van der Waals surface area contributed by atoms with Crippen molar-refractivity contribution in [3.8, 4) is 6.07 Å². The number of nitrogens with one attached hydrogen (secondary N) is 1. The molecule has 1 aromatic carbocycles. The van der Waals surface area contributed by atoms with Gasteiger partial charge in [0.05, 0.1) is 6.07 Å². The molecule has 0 aliphatic carbocycles. The van der Waals surface area contributed by atoms with Gasteiger partial charge in [0.25, 0.3) is 0 Å². The van der Waals surface area contributed by atoms with E-state index in [4.69, 9.17) is 10.8 Å². The maximum atomic E-state index is 9.14. The average Bonchev–Trinajstić information content (AvgIpc) is 2.34. The molecular weight excluding hydrogens is 214 g/mol. The van der Waals surface area contributed by atoms with E-state index < -0.39 is 0 Å². The third-order valence-corrected chi connectivity index (χ3v) is 2.71. The van der Waals surface area contributed by atoms with Gasteiger partial charge in [-0.2, -0.15) is 5.26 Å². The van der Waals surface area contributed by atoms with Crippen molar-refractivity contribution in [2.45, 2.75) is 19.9 Å². The van der Waals surface area contributed by atoms with Crippen LogP contribution in [0.3, 0.4) is 0 Å². The minimum Gasteiger partial charge on any atom is -0.298 e. The molecule has 1 rings (SSSR count). The van der Waals surface area contributed by atoms with E-state index >= 15 is 0 Å². The molecule has 0 radical (unpaired) electrons. The molecule has 1 aromatic rings. The summed E-state index contributed by atoms with van der Waals surface area (Å²) in [6.45, 7) is 4.87. The summed E-state index contributed by atoms with van der Waals surface area (Å²) in [6.07, 6.45) is 0. The lowest BCUT2D eigenvalue weighted by atomic mass is 9.98. The summed E-state index contributed by atoms with van der Waals surface area (Å²) < 4.78 is 0. The van der Waals surface area contributed by atoms with Gasteiger partial charge in [0.15, 0.2) is 0 Å². The van der Waals surface area contributed by atoms with Gasteiger partial charge in [-0.3, -0.25) is 5.32 Å². The molecule has 1 unspecified atom stereocenters. The van der Waals surface area contributed by atoms with Gasteiger partial charge in [0.2, 0.25) is 0 Å². The summed E-state index contributed by atoms with van der Waals surface area (Å²) in [6, 6.07) is 7.76. The molecule has 0 saturated carbocycles. The minimum atomic E-state index is -0.358. The average molecular weight is 229 g/mol. The lowest BCUT2D eigenvalue weighted by Crippen LogP contribution is -2.23. The Labute approximate surface area is 101 Å². The van der Waals surface area contributed by atoms with Crippen LogP contribution in [0.5, 0.6) is 0 Å². The van der Waals surface area contributed by atoms with E-state index in [9.17, 15) is 0 Å². The number of aryl methyl sites for hydroxylation is 1. The van der Waals surface area contributed by atoms with Gasteiger partial charge in [-0.1, -0.05) is 23.3 Å². The van der Waals surface area contributed by atoms with Crippen LogP contribution in [0.15, 0.2) is 23.3 Å². The van der Waals surface area contributed by atoms with Crippen LogP contribution in [0, 0.1) is 25.2 Å². The van der Waals surface area contributed by atoms with E-state index in [0.717, 1.165) is 11.1 Å². The molecule has 0 saturated heterocycles. The van der Waals surface area contributed by atoms with Crippen molar-refractivity contribution in [3.05, 3.63) is 45.3 Å². The normalized spacial score (nSPS) is 11.4. The van der Waals surface area contributed by atoms with E-state index in [1.54, 1.807) is 0 Å². The Morgan fingerprint density at radius 1 is 1.53 bits per heavy atom. The molecule has 5 heteroatoms. The number of benzene rings is 1. The molecule has 0 heterocycles. The second kappa shape index (κ2) is 6.54. The first-order valence-corrected chi connectivity index (χ1v) is 5.40. The zero-order valence-corrected chi connectivity index (χ0v) is 10.0. The van der Waals surface area contributed by atoms with Crippen LogP contribution in [0.25, 0.3) is 10.4 Å². The minimum absolute atomic E-state index is 0.347. The van der Waals surface area contributed by atoms with Gasteiger partial charge >= 0.3 is 0 Å². The van der Waals surface area contributed by atoms with Gasteiger partial charge in [-0.15, -0.1) is 0 Å². The first-order chi connectivity index (χ1) is 8.20. The number of hydrogen-bond donors (Lipinski definition) is 1. The predicted molar refractivity (Wildman–Crippen MR) is 66.3 cm³/mol. The Morgan fingerprint density at radius 3 is 2.94 bits per heavy atom. The summed E-state index contributed by atoms with van der Waals surface area (Å²) >= 11 is 0. The summed E-state index contributed by atoms with van der Waals surface area (Å²) in [4.78, 5) is 2.66. The van der Waals surface area contributed by atoms with Crippen LogP contribution in [-0.2, 0) is 0 Å². The molecule has 17 heavy (non-hydrogen) atoms. The fraction of sp³-hybridized carbons (Fsp3) is 0.417. The molecule has 0 aromatic heterocycles. The fourth-order valence-corrected chi connectivity index (χ4v) is 1.62. The lowest BCUT2D eigenvalue weighted by molar-refractivity contribution is 0.632. The van der Waals surface area contributed by atoms with Crippen LogP contribution in [0.2, 0.25) is 0 Å². The van der Waals surface area contributed by atoms with Gasteiger partial charge < -0.3 is 0 Å². The number of rotatable bonds is 5. The van der Waals surface area contributed by atoms with E-state index in [-0.39, 0.29) is 6.04 Å². The maximum absolute atomic E-state index is 9.14. The first-order valence-electron chi connectivity index (χ1n) is 5.40. The molecule has 1 atom stereocenters. The second-order valence-corrected chi connectivity index (χ2v) is 3.76. The van der Waals surface area contributed by atoms with Crippen molar-refractivity contribution in [1.82, 2.24) is 5.32 Å². The lowest BCUT2D eigenvalue weighted by Gasteiger charge is -2.15. The summed E-state index contributed by atoms with van der Waals surface area (Å²) in [5.41, 5.74) is 11.4. The summed E-state index contributed by atoms with van der Waals surface area (Å²) in [7, 11) is 0. The Hall–Kier alpha value is -2.02. The molecule has 0 spiro atoms. The van der Waals surface area contributed by atoms with Crippen molar-refractivity contribution in [3.63, 3.8) is 0 Å². The molecule has 88 valence electrons. The number of hydrogen-bond acceptors (Lipinski definition) is 3. The quantitative estimate of drug-likeness (QED) is 0.364. The van der Waals surface area contributed by atoms with Crippen LogP contribution >= 0.6 is 0 Å². The summed E-state index contributed by atoms with van der Waals surface area (Å²) in [5, 5.41) is 15.6. The van der Waals surface area contributed by atoms with Gasteiger partial charge in [-0.05, 0) is 36.1 Å². The summed E-state index contributed by atoms with van der Waals surface area (Å²) in [5.74, 6) is 0. The van der Waals surface area contributed by atoms with Crippen molar-refractivity contribution in [2.24, 2.45) is 5.11 Å². The topological polar surface area (TPSA) is 84.6 Å². The first kappa shape index (κ1) is 13.0. The van der Waals surface area contributed by atoms with Crippen LogP contribution in [0.1, 0.15) is 22.7 Å². The molecule has 1 N–H and O–H groups in total. The standard InChI is InChI=1S/C12H15N5/c1-9-4-3-5-11(10(9)2)12(8-13)15-6-7-16-17-14/h3-5,12,15H,6-7H2,1-2H3. The Bertz CT molecular complexity index is 468. The Balaban J connectivity index is 2.77. The molecule has 0 aliphatic rings. The highest BCUT2D eigenvalue weighted by molar-refractivity contribution is 5.37. The van der Waals surface area contributed by atoms with Crippen LogP contribution in [0.4, 0.5) is 0 Å². The third-order valence-electron chi connectivity index (χ3n) is 2.71. The van der Waals surface area contributed by atoms with Gasteiger partial charge in [0.1, 0.15) is 6.04 Å². The number of nitriles is 1. The van der Waals surface area contributed by atoms with E-state index in [1.165, 1.54) is 5.56 Å². The smallest absolute Gasteiger partial charge is 0.121 e. The van der Waals surface area contributed by atoms with Crippen molar-refractivity contribution in [1.29, 1.82) is 5.26 Å². The fourth-order valence-electron chi connectivity index (χ4n) is 1.62.